The molecule has 0 aromatic carbocycles. The van der Waals surface area contributed by atoms with E-state index in [0.717, 1.165) is 44.0 Å². The van der Waals surface area contributed by atoms with Crippen LogP contribution in [0, 0.1) is 17.8 Å². The van der Waals surface area contributed by atoms with Crippen molar-refractivity contribution in [2.24, 2.45) is 29.2 Å². The third-order valence-corrected chi connectivity index (χ3v) is 2.82. The van der Waals surface area contributed by atoms with Crippen LogP contribution in [0.2, 0.25) is 19.0 Å². The monoisotopic (exact) mass is 256 g/mol. The van der Waals surface area contributed by atoms with E-state index in [1.54, 1.807) is 0 Å². The van der Waals surface area contributed by atoms with Gasteiger partial charge in [0.1, 0.15) is 6.71 Å². The Kier molecular flexibility index (Phi) is 15.1. The Bertz CT molecular complexity index is 133. The average Bonchev–Trinajstić information content (AvgIpc) is 2.16. The lowest BCUT2D eigenvalue weighted by Gasteiger charge is -2.19. The minimum absolute atomic E-state index is 0.719. The second kappa shape index (κ2) is 13.4. The smallest absolute Gasteiger partial charge is 0.140 e. The lowest BCUT2D eigenvalue weighted by molar-refractivity contribution is 0.659. The van der Waals surface area contributed by atoms with Gasteiger partial charge in [0.2, 0.25) is 0 Å². The molecular weight excluding hydrogens is 219 g/mol. The molecule has 0 rings (SSSR count). The maximum atomic E-state index is 5.06. The molecule has 0 fully saturated rings. The van der Waals surface area contributed by atoms with E-state index >= 15 is 0 Å². The molecule has 4 N–H and O–H groups in total. The zero-order valence-corrected chi connectivity index (χ0v) is 13.7. The van der Waals surface area contributed by atoms with Gasteiger partial charge in [-0.15, -0.1) is 0 Å². The second-order valence-corrected chi connectivity index (χ2v) is 6.69. The van der Waals surface area contributed by atoms with Crippen LogP contribution in [0.5, 0.6) is 0 Å². The first kappa shape index (κ1) is 20.3. The van der Waals surface area contributed by atoms with Crippen molar-refractivity contribution in [2.45, 2.75) is 66.9 Å². The summed E-state index contributed by atoms with van der Waals surface area (Å²) in [5, 5.41) is 0. The van der Waals surface area contributed by atoms with E-state index < -0.39 is 0 Å². The summed E-state index contributed by atoms with van der Waals surface area (Å²) < 4.78 is 0. The highest BCUT2D eigenvalue weighted by molar-refractivity contribution is 6.58. The Morgan fingerprint density at radius 3 is 1.06 bits per heavy atom. The molecule has 110 valence electrons. The summed E-state index contributed by atoms with van der Waals surface area (Å²) in [5.41, 5.74) is 10.1. The first-order chi connectivity index (χ1) is 8.33. The summed E-state index contributed by atoms with van der Waals surface area (Å²) in [4.78, 5) is 0. The molecule has 0 heterocycles. The van der Waals surface area contributed by atoms with E-state index in [2.05, 4.69) is 41.5 Å². The molecule has 0 aliphatic rings. The van der Waals surface area contributed by atoms with E-state index in [0.29, 0.717) is 0 Å². The van der Waals surface area contributed by atoms with E-state index in [1.807, 2.05) is 0 Å². The summed E-state index contributed by atoms with van der Waals surface area (Å²) in [6.07, 6.45) is 5.18. The zero-order valence-electron chi connectivity index (χ0n) is 13.7. The van der Waals surface area contributed by atoms with Crippen LogP contribution in [0.4, 0.5) is 0 Å². The summed E-state index contributed by atoms with van der Waals surface area (Å²) in [5.74, 6) is 2.59. The second-order valence-electron chi connectivity index (χ2n) is 6.69. The molecule has 0 saturated heterocycles. The van der Waals surface area contributed by atoms with Crippen molar-refractivity contribution in [3.8, 4) is 0 Å². The van der Waals surface area contributed by atoms with E-state index in [9.17, 15) is 0 Å². The van der Waals surface area contributed by atoms with E-state index in [-0.39, 0.29) is 0 Å². The predicted molar refractivity (Wildman–Crippen MR) is 87.4 cm³/mol. The molecule has 18 heavy (non-hydrogen) atoms. The highest BCUT2D eigenvalue weighted by Gasteiger charge is 2.17. The van der Waals surface area contributed by atoms with Crippen LogP contribution in [-0.4, -0.2) is 19.8 Å². The third kappa shape index (κ3) is 18.4. The molecule has 3 heteroatoms. The van der Waals surface area contributed by atoms with Gasteiger partial charge in [-0.1, -0.05) is 78.3 Å². The molecule has 0 aliphatic heterocycles. The van der Waals surface area contributed by atoms with Crippen molar-refractivity contribution in [3.05, 3.63) is 0 Å². The SMILES string of the molecule is CC(C)CB(CC(C)C)CC(C)C.NCCCN. The number of hydrogen-bond acceptors (Lipinski definition) is 2. The maximum absolute atomic E-state index is 5.06. The highest BCUT2D eigenvalue weighted by atomic mass is 14.6. The standard InChI is InChI=1S/C12H27B.C3H10N2/c1-10(2)7-13(8-11(3)4)9-12(5)6;4-2-1-3-5/h10-12H,7-9H2,1-6H3;1-5H2. The molecule has 0 unspecified atom stereocenters. The van der Waals surface area contributed by atoms with Gasteiger partial charge in [-0.3, -0.25) is 0 Å². The molecule has 2 nitrogen and oxygen atoms in total. The van der Waals surface area contributed by atoms with E-state index in [4.69, 9.17) is 11.5 Å². The first-order valence-electron chi connectivity index (χ1n) is 7.73. The van der Waals surface area contributed by atoms with Crippen LogP contribution in [0.25, 0.3) is 0 Å². The molecule has 0 spiro atoms. The van der Waals surface area contributed by atoms with Gasteiger partial charge in [0.15, 0.2) is 0 Å². The maximum Gasteiger partial charge on any atom is 0.140 e. The Morgan fingerprint density at radius 1 is 0.667 bits per heavy atom. The van der Waals surface area contributed by atoms with E-state index in [1.165, 1.54) is 19.0 Å². The summed E-state index contributed by atoms with van der Waals surface area (Å²) in [7, 11) is 0. The summed E-state index contributed by atoms with van der Waals surface area (Å²) in [6.45, 7) is 16.4. The van der Waals surface area contributed by atoms with Gasteiger partial charge in [-0.25, -0.2) is 0 Å². The molecule has 0 bridgehead atoms. The minimum Gasteiger partial charge on any atom is -0.330 e. The van der Waals surface area contributed by atoms with Gasteiger partial charge in [0.25, 0.3) is 0 Å². The van der Waals surface area contributed by atoms with Gasteiger partial charge < -0.3 is 11.5 Å². The van der Waals surface area contributed by atoms with Crippen molar-refractivity contribution < 1.29 is 0 Å². The molecule has 0 amide bonds. The van der Waals surface area contributed by atoms with Crippen LogP contribution in [0.1, 0.15) is 48.0 Å². The molecule has 0 aromatic heterocycles. The molecule has 0 aliphatic carbocycles. The van der Waals surface area contributed by atoms with Crippen LogP contribution in [-0.2, 0) is 0 Å². The fraction of sp³-hybridized carbons (Fsp3) is 1.00. The average molecular weight is 256 g/mol. The molecule has 0 aromatic rings. The predicted octanol–water partition coefficient (Wildman–Crippen LogP) is 3.74. The fourth-order valence-corrected chi connectivity index (χ4v) is 2.41. The summed E-state index contributed by atoms with van der Waals surface area (Å²) >= 11 is 0. The van der Waals surface area contributed by atoms with Gasteiger partial charge in [-0.05, 0) is 19.5 Å². The van der Waals surface area contributed by atoms with Gasteiger partial charge >= 0.3 is 0 Å². The van der Waals surface area contributed by atoms with Crippen molar-refractivity contribution in [2.75, 3.05) is 13.1 Å². The van der Waals surface area contributed by atoms with Gasteiger partial charge in [0.05, 0.1) is 0 Å². The van der Waals surface area contributed by atoms with Crippen LogP contribution in [0.15, 0.2) is 0 Å². The Hall–Kier alpha value is -0.0151. The largest absolute Gasteiger partial charge is 0.330 e. The normalized spacial score (nSPS) is 10.8. The van der Waals surface area contributed by atoms with Gasteiger partial charge in [-0.2, -0.15) is 0 Å². The molecule has 0 radical (unpaired) electrons. The molecular formula is C15H37BN2. The van der Waals surface area contributed by atoms with Crippen molar-refractivity contribution in [3.63, 3.8) is 0 Å². The van der Waals surface area contributed by atoms with Crippen molar-refractivity contribution in [1.82, 2.24) is 0 Å². The van der Waals surface area contributed by atoms with Crippen LogP contribution in [0.3, 0.4) is 0 Å². The van der Waals surface area contributed by atoms with Gasteiger partial charge in [0, 0.05) is 0 Å². The molecule has 0 saturated carbocycles. The number of nitrogens with two attached hydrogens (primary N) is 2. The van der Waals surface area contributed by atoms with Crippen LogP contribution < -0.4 is 11.5 Å². The van der Waals surface area contributed by atoms with Crippen LogP contribution >= 0.6 is 0 Å². The lowest BCUT2D eigenvalue weighted by atomic mass is 9.38. The quantitative estimate of drug-likeness (QED) is 0.650. The Labute approximate surface area is 116 Å². The Balaban J connectivity index is 0. The zero-order chi connectivity index (χ0) is 14.6. The fourth-order valence-electron chi connectivity index (χ4n) is 2.41. The molecule has 0 atom stereocenters. The van der Waals surface area contributed by atoms with Crippen molar-refractivity contribution >= 4 is 6.71 Å². The lowest BCUT2D eigenvalue weighted by Crippen LogP contribution is -2.19. The number of hydrogen-bond donors (Lipinski definition) is 2. The Morgan fingerprint density at radius 2 is 0.944 bits per heavy atom. The van der Waals surface area contributed by atoms with Crippen molar-refractivity contribution in [1.29, 1.82) is 0 Å². The third-order valence-electron chi connectivity index (χ3n) is 2.82. The topological polar surface area (TPSA) is 52.0 Å². The first-order valence-corrected chi connectivity index (χ1v) is 7.73. The summed E-state index contributed by atoms with van der Waals surface area (Å²) in [6, 6.07) is 0. The highest BCUT2D eigenvalue weighted by Crippen LogP contribution is 2.20. The number of rotatable bonds is 8. The minimum atomic E-state index is 0.719.